The zero-order valence-electron chi connectivity index (χ0n) is 24.8. The molecular weight excluding hydrogens is 530 g/mol. The molecule has 2 aromatic carbocycles. The van der Waals surface area contributed by atoms with Crippen molar-refractivity contribution >= 4 is 35.0 Å². The predicted octanol–water partition coefficient (Wildman–Crippen LogP) is 5.66. The van der Waals surface area contributed by atoms with Gasteiger partial charge in [-0.1, -0.05) is 38.1 Å². The molecule has 1 aliphatic heterocycles. The molecule has 0 spiro atoms. The molecule has 2 bridgehead atoms. The second-order valence-electron chi connectivity index (χ2n) is 12.5. The Kier molecular flexibility index (Phi) is 7.90. The summed E-state index contributed by atoms with van der Waals surface area (Å²) in [5.41, 5.74) is 8.98. The van der Waals surface area contributed by atoms with E-state index in [1.807, 2.05) is 45.0 Å². The number of nitrogens with one attached hydrogen (secondary N) is 3. The summed E-state index contributed by atoms with van der Waals surface area (Å²) < 4.78 is 5.64. The second kappa shape index (κ2) is 11.4. The maximum Gasteiger partial charge on any atom is 0.410 e. The minimum atomic E-state index is -0.574. The lowest BCUT2D eigenvalue weighted by atomic mass is 9.99. The van der Waals surface area contributed by atoms with E-state index in [0.717, 1.165) is 12.8 Å². The fourth-order valence-electron chi connectivity index (χ4n) is 5.76. The van der Waals surface area contributed by atoms with Crippen LogP contribution in [0.1, 0.15) is 80.4 Å². The lowest BCUT2D eigenvalue weighted by molar-refractivity contribution is 0.0179. The van der Waals surface area contributed by atoms with Gasteiger partial charge in [-0.2, -0.15) is 0 Å². The van der Waals surface area contributed by atoms with Crippen molar-refractivity contribution in [2.45, 2.75) is 71.1 Å². The average molecular weight is 570 g/mol. The van der Waals surface area contributed by atoms with Gasteiger partial charge in [-0.05, 0) is 75.3 Å². The van der Waals surface area contributed by atoms with Crippen LogP contribution in [0.5, 0.6) is 0 Å². The first kappa shape index (κ1) is 29.0. The first-order chi connectivity index (χ1) is 19.9. The predicted molar refractivity (Wildman–Crippen MR) is 164 cm³/mol. The number of nitrogens with zero attached hydrogens (tertiary/aromatic N) is 3. The number of ether oxygens (including phenoxy) is 1. The van der Waals surface area contributed by atoms with Gasteiger partial charge >= 0.3 is 6.09 Å². The molecule has 5 N–H and O–H groups in total. The summed E-state index contributed by atoms with van der Waals surface area (Å²) in [6, 6.07) is 14.5. The molecule has 2 amide bonds. The maximum absolute atomic E-state index is 13.1. The Balaban J connectivity index is 1.33. The minimum absolute atomic E-state index is 0.0512. The van der Waals surface area contributed by atoms with E-state index < -0.39 is 5.60 Å². The number of hydrogen-bond acceptors (Lipinski definition) is 8. The van der Waals surface area contributed by atoms with E-state index >= 15 is 0 Å². The molecule has 1 saturated carbocycles. The molecule has 220 valence electrons. The number of carbonyl (C=O) groups excluding carboxylic acids is 2. The summed E-state index contributed by atoms with van der Waals surface area (Å²) in [5.74, 6) is 1.07. The number of nitrogen functional groups attached to an aromatic ring is 1. The Morgan fingerprint density at radius 2 is 1.79 bits per heavy atom. The van der Waals surface area contributed by atoms with Crippen LogP contribution in [0.15, 0.2) is 54.9 Å². The van der Waals surface area contributed by atoms with Crippen LogP contribution in [0.3, 0.4) is 0 Å². The van der Waals surface area contributed by atoms with E-state index in [2.05, 4.69) is 34.4 Å². The lowest BCUT2D eigenvalue weighted by Crippen LogP contribution is -2.49. The molecule has 3 unspecified atom stereocenters. The van der Waals surface area contributed by atoms with Gasteiger partial charge < -0.3 is 26.0 Å². The third-order valence-electron chi connectivity index (χ3n) is 7.81. The Morgan fingerprint density at radius 3 is 2.45 bits per heavy atom. The summed E-state index contributed by atoms with van der Waals surface area (Å²) in [5, 5.41) is 15.4. The van der Waals surface area contributed by atoms with Gasteiger partial charge in [-0.15, -0.1) is 0 Å². The molecule has 5 rings (SSSR count). The highest BCUT2D eigenvalue weighted by atomic mass is 16.6. The number of piperidine rings is 1. The van der Waals surface area contributed by atoms with E-state index in [1.54, 1.807) is 29.2 Å². The van der Waals surface area contributed by atoms with Gasteiger partial charge in [0.15, 0.2) is 0 Å². The van der Waals surface area contributed by atoms with E-state index in [-0.39, 0.29) is 35.6 Å². The largest absolute Gasteiger partial charge is 0.444 e. The molecule has 1 saturated heterocycles. The third kappa shape index (κ3) is 6.22. The molecule has 0 radical (unpaired) electrons. The van der Waals surface area contributed by atoms with Crippen molar-refractivity contribution in [2.24, 2.45) is 5.92 Å². The first-order valence-electron chi connectivity index (χ1n) is 14.4. The van der Waals surface area contributed by atoms with Crippen molar-refractivity contribution in [3.63, 3.8) is 0 Å². The number of nitrogens with two attached hydrogens (primary N) is 1. The van der Waals surface area contributed by atoms with Crippen LogP contribution in [-0.4, -0.2) is 56.8 Å². The molecule has 42 heavy (non-hydrogen) atoms. The van der Waals surface area contributed by atoms with Crippen molar-refractivity contribution in [1.82, 2.24) is 14.9 Å². The van der Waals surface area contributed by atoms with Crippen LogP contribution in [0.25, 0.3) is 0 Å². The zero-order chi connectivity index (χ0) is 30.2. The van der Waals surface area contributed by atoms with Gasteiger partial charge in [0.1, 0.15) is 23.6 Å². The van der Waals surface area contributed by atoms with E-state index in [0.29, 0.717) is 46.6 Å². The van der Waals surface area contributed by atoms with Gasteiger partial charge in [0, 0.05) is 29.4 Å². The molecular formula is C32H39N7O3. The zero-order valence-corrected chi connectivity index (χ0v) is 24.8. The van der Waals surface area contributed by atoms with Crippen LogP contribution >= 0.6 is 0 Å². The monoisotopic (exact) mass is 569 g/mol. The molecule has 10 heteroatoms. The van der Waals surface area contributed by atoms with Crippen molar-refractivity contribution in [2.75, 3.05) is 22.9 Å². The van der Waals surface area contributed by atoms with Gasteiger partial charge in [0.05, 0.1) is 17.3 Å². The topological polar surface area (TPSA) is 146 Å². The quantitative estimate of drug-likeness (QED) is 0.269. The van der Waals surface area contributed by atoms with E-state index in [9.17, 15) is 9.59 Å². The van der Waals surface area contributed by atoms with Crippen molar-refractivity contribution in [3.05, 3.63) is 77.1 Å². The van der Waals surface area contributed by atoms with Gasteiger partial charge in [0.25, 0.3) is 5.91 Å². The number of amides is 2. The highest BCUT2D eigenvalue weighted by Crippen LogP contribution is 2.40. The molecule has 3 aromatic rings. The van der Waals surface area contributed by atoms with Crippen LogP contribution in [0.4, 0.5) is 22.1 Å². The molecule has 3 atom stereocenters. The fraction of sp³-hybridized carbons (Fsp3) is 0.406. The minimum Gasteiger partial charge on any atom is -0.444 e. The Hall–Kier alpha value is -4.47. The Bertz CT molecular complexity index is 1500. The number of anilines is 3. The molecule has 1 aliphatic carbocycles. The molecule has 10 nitrogen and oxygen atoms in total. The summed E-state index contributed by atoms with van der Waals surface area (Å²) in [6.07, 6.45) is 2.79. The van der Waals surface area contributed by atoms with Crippen LogP contribution in [0, 0.1) is 11.3 Å². The highest BCUT2D eigenvalue weighted by Gasteiger charge is 2.48. The summed E-state index contributed by atoms with van der Waals surface area (Å²) >= 11 is 0. The van der Waals surface area contributed by atoms with Gasteiger partial charge in [-0.3, -0.25) is 10.2 Å². The highest BCUT2D eigenvalue weighted by molar-refractivity contribution is 6.17. The van der Waals surface area contributed by atoms with Crippen LogP contribution in [0.2, 0.25) is 0 Å². The lowest BCUT2D eigenvalue weighted by Gasteiger charge is -2.35. The Morgan fingerprint density at radius 1 is 1.07 bits per heavy atom. The van der Waals surface area contributed by atoms with Crippen molar-refractivity contribution in [3.8, 4) is 0 Å². The molecule has 2 aliphatic rings. The second-order valence-corrected chi connectivity index (χ2v) is 12.5. The number of hydrogen-bond donors (Lipinski definition) is 4. The number of likely N-dealkylation sites (tertiary alicyclic amines) is 1. The number of aromatic nitrogens is 2. The Labute approximate surface area is 246 Å². The smallest absolute Gasteiger partial charge is 0.410 e. The number of fused-ring (bicyclic) bond motifs is 2. The van der Waals surface area contributed by atoms with Crippen molar-refractivity contribution < 1.29 is 14.3 Å². The van der Waals surface area contributed by atoms with Crippen LogP contribution < -0.4 is 16.4 Å². The van der Waals surface area contributed by atoms with E-state index in [4.69, 9.17) is 15.9 Å². The molecule has 2 fully saturated rings. The summed E-state index contributed by atoms with van der Waals surface area (Å²) in [7, 11) is 0. The fourth-order valence-corrected chi connectivity index (χ4v) is 5.76. The standard InChI is InChI=1S/C32H39N7O3/c1-18(2)20-9-11-23(12-10-20)37-30(40)22-8-6-7-21(15-22)27(33)26-28(34)35-17-36-29(26)38-24-13-19-14-25(24)39(16-19)31(41)42-32(3,4)5/h6-12,15,17-19,24-25,33H,13-14,16H2,1-5H3,(H,37,40)(H3,34,35,36,38). The van der Waals surface area contributed by atoms with E-state index in [1.165, 1.54) is 11.9 Å². The third-order valence-corrected chi connectivity index (χ3v) is 7.81. The normalized spacial score (nSPS) is 19.6. The van der Waals surface area contributed by atoms with Gasteiger partial charge in [0.2, 0.25) is 0 Å². The molecule has 2 heterocycles. The molecule has 1 aromatic heterocycles. The summed E-state index contributed by atoms with van der Waals surface area (Å²) in [6.45, 7) is 10.5. The SMILES string of the molecule is CC(C)c1ccc(NC(=O)c2cccc(C(=N)c3c(N)ncnc3NC3CC4CC3N(C(=O)OC(C)(C)C)C4)c2)cc1. The number of benzene rings is 2. The maximum atomic E-state index is 13.1. The van der Waals surface area contributed by atoms with Crippen molar-refractivity contribution in [1.29, 1.82) is 5.41 Å². The average Bonchev–Trinajstić information content (AvgIpc) is 3.53. The number of carbonyl (C=O) groups is 2. The van der Waals surface area contributed by atoms with Crippen LogP contribution in [-0.2, 0) is 4.74 Å². The number of rotatable bonds is 7. The first-order valence-corrected chi connectivity index (χ1v) is 14.4. The summed E-state index contributed by atoms with van der Waals surface area (Å²) in [4.78, 5) is 36.3. The van der Waals surface area contributed by atoms with Gasteiger partial charge in [-0.25, -0.2) is 14.8 Å².